The minimum absolute atomic E-state index is 0.251. The maximum Gasteiger partial charge on any atom is 0.115 e. The second-order valence-corrected chi connectivity index (χ2v) is 6.25. The molecule has 1 aliphatic carbocycles. The molecule has 1 N–H and O–H groups in total. The van der Waals surface area contributed by atoms with E-state index in [4.69, 9.17) is 0 Å². The van der Waals surface area contributed by atoms with Gasteiger partial charge in [0, 0.05) is 0 Å². The Balaban J connectivity index is 1.89. The van der Waals surface area contributed by atoms with Crippen LogP contribution < -0.4 is 0 Å². The van der Waals surface area contributed by atoms with E-state index in [1.165, 1.54) is 37.7 Å². The topological polar surface area (TPSA) is 44.0 Å². The monoisotopic (exact) mass is 291 g/mol. The number of benzene rings is 2. The molecule has 1 saturated carbocycles. The van der Waals surface area contributed by atoms with Crippen LogP contribution in [0.5, 0.6) is 5.75 Å². The van der Waals surface area contributed by atoms with Crippen molar-refractivity contribution in [2.24, 2.45) is 5.92 Å². The Morgan fingerprint density at radius 1 is 1.00 bits per heavy atom. The predicted octanol–water partition coefficient (Wildman–Crippen LogP) is 5.05. The molecule has 2 heteroatoms. The quantitative estimate of drug-likeness (QED) is 0.859. The molecular formula is C20H21NO. The molecule has 0 saturated heterocycles. The summed E-state index contributed by atoms with van der Waals surface area (Å²) in [5, 5.41) is 18.8. The fourth-order valence-electron chi connectivity index (χ4n) is 3.42. The van der Waals surface area contributed by atoms with Crippen LogP contribution in [0.15, 0.2) is 42.5 Å². The van der Waals surface area contributed by atoms with Crippen molar-refractivity contribution in [1.29, 1.82) is 5.26 Å². The average Bonchev–Trinajstić information content (AvgIpc) is 2.56. The second kappa shape index (κ2) is 6.66. The standard InChI is InChI=1S/C20H21NO/c21-14-18-7-6-16(12-15-4-2-1-3-5-15)13-20(18)17-8-10-19(22)11-9-17/h6-11,13,15,22H,1-5,12H2. The Bertz CT molecular complexity index is 676. The normalized spacial score (nSPS) is 15.4. The Morgan fingerprint density at radius 2 is 1.73 bits per heavy atom. The number of rotatable bonds is 3. The van der Waals surface area contributed by atoms with Gasteiger partial charge in [-0.1, -0.05) is 50.3 Å². The number of nitriles is 1. The summed E-state index contributed by atoms with van der Waals surface area (Å²) < 4.78 is 0. The molecule has 1 fully saturated rings. The highest BCUT2D eigenvalue weighted by Gasteiger charge is 2.15. The van der Waals surface area contributed by atoms with Crippen molar-refractivity contribution < 1.29 is 5.11 Å². The average molecular weight is 291 g/mol. The van der Waals surface area contributed by atoms with E-state index in [0.29, 0.717) is 5.56 Å². The summed E-state index contributed by atoms with van der Waals surface area (Å²) in [7, 11) is 0. The van der Waals surface area contributed by atoms with Crippen LogP contribution in [0.3, 0.4) is 0 Å². The number of phenolic OH excluding ortho intramolecular Hbond substituents is 1. The lowest BCUT2D eigenvalue weighted by Crippen LogP contribution is -2.09. The van der Waals surface area contributed by atoms with E-state index >= 15 is 0 Å². The third kappa shape index (κ3) is 3.31. The van der Waals surface area contributed by atoms with Crippen LogP contribution >= 0.6 is 0 Å². The summed E-state index contributed by atoms with van der Waals surface area (Å²) in [5.41, 5.74) is 3.96. The van der Waals surface area contributed by atoms with Gasteiger partial charge in [-0.25, -0.2) is 0 Å². The van der Waals surface area contributed by atoms with Gasteiger partial charge in [-0.2, -0.15) is 5.26 Å². The van der Waals surface area contributed by atoms with Gasteiger partial charge in [0.1, 0.15) is 5.75 Å². The molecule has 22 heavy (non-hydrogen) atoms. The largest absolute Gasteiger partial charge is 0.508 e. The first-order valence-electron chi connectivity index (χ1n) is 8.08. The van der Waals surface area contributed by atoms with Crippen LogP contribution in [0.25, 0.3) is 11.1 Å². The predicted molar refractivity (Wildman–Crippen MR) is 88.5 cm³/mol. The molecule has 0 spiro atoms. The van der Waals surface area contributed by atoms with E-state index in [1.807, 2.05) is 18.2 Å². The molecule has 2 aromatic carbocycles. The molecular weight excluding hydrogens is 270 g/mol. The molecule has 0 heterocycles. The Morgan fingerprint density at radius 3 is 2.41 bits per heavy atom. The van der Waals surface area contributed by atoms with E-state index in [0.717, 1.165) is 23.5 Å². The van der Waals surface area contributed by atoms with Crippen molar-refractivity contribution >= 4 is 0 Å². The van der Waals surface area contributed by atoms with Crippen molar-refractivity contribution in [3.05, 3.63) is 53.6 Å². The molecule has 0 unspecified atom stereocenters. The van der Waals surface area contributed by atoms with E-state index in [-0.39, 0.29) is 5.75 Å². The SMILES string of the molecule is N#Cc1ccc(CC2CCCCC2)cc1-c1ccc(O)cc1. The van der Waals surface area contributed by atoms with Crippen LogP contribution in [0.1, 0.15) is 43.2 Å². The lowest BCUT2D eigenvalue weighted by atomic mass is 9.84. The molecule has 0 aromatic heterocycles. The van der Waals surface area contributed by atoms with Crippen molar-refractivity contribution in [2.75, 3.05) is 0 Å². The summed E-state index contributed by atoms with van der Waals surface area (Å²) in [4.78, 5) is 0. The number of phenols is 1. The molecule has 1 aliphatic rings. The summed E-state index contributed by atoms with van der Waals surface area (Å²) in [6, 6.07) is 15.5. The molecule has 0 amide bonds. The minimum Gasteiger partial charge on any atom is -0.508 e. The van der Waals surface area contributed by atoms with Crippen molar-refractivity contribution in [3.63, 3.8) is 0 Å². The zero-order valence-corrected chi connectivity index (χ0v) is 12.8. The van der Waals surface area contributed by atoms with E-state index in [2.05, 4.69) is 18.2 Å². The molecule has 0 atom stereocenters. The fourth-order valence-corrected chi connectivity index (χ4v) is 3.42. The van der Waals surface area contributed by atoms with Gasteiger partial charge in [-0.05, 0) is 53.3 Å². The third-order valence-electron chi connectivity index (χ3n) is 4.63. The van der Waals surface area contributed by atoms with Gasteiger partial charge in [0.2, 0.25) is 0 Å². The molecule has 2 aromatic rings. The Hall–Kier alpha value is -2.27. The summed E-state index contributed by atoms with van der Waals surface area (Å²) in [6.07, 6.45) is 7.85. The van der Waals surface area contributed by atoms with E-state index < -0.39 is 0 Å². The zero-order valence-electron chi connectivity index (χ0n) is 12.8. The molecule has 0 radical (unpaired) electrons. The maximum absolute atomic E-state index is 9.44. The Labute approximate surface area is 132 Å². The maximum atomic E-state index is 9.44. The van der Waals surface area contributed by atoms with E-state index in [1.54, 1.807) is 12.1 Å². The van der Waals surface area contributed by atoms with Gasteiger partial charge in [-0.15, -0.1) is 0 Å². The lowest BCUT2D eigenvalue weighted by molar-refractivity contribution is 0.357. The molecule has 0 bridgehead atoms. The number of hydrogen-bond donors (Lipinski definition) is 1. The third-order valence-corrected chi connectivity index (χ3v) is 4.63. The van der Waals surface area contributed by atoms with Gasteiger partial charge >= 0.3 is 0 Å². The van der Waals surface area contributed by atoms with E-state index in [9.17, 15) is 10.4 Å². The minimum atomic E-state index is 0.251. The highest BCUT2D eigenvalue weighted by molar-refractivity contribution is 5.71. The first-order chi connectivity index (χ1) is 10.8. The van der Waals surface area contributed by atoms with Crippen LogP contribution in [0, 0.1) is 17.2 Å². The Kier molecular flexibility index (Phi) is 4.44. The van der Waals surface area contributed by atoms with Gasteiger partial charge < -0.3 is 5.11 Å². The van der Waals surface area contributed by atoms with Crippen molar-refractivity contribution in [2.45, 2.75) is 38.5 Å². The van der Waals surface area contributed by atoms with Crippen LogP contribution in [0.2, 0.25) is 0 Å². The van der Waals surface area contributed by atoms with Crippen LogP contribution in [-0.4, -0.2) is 5.11 Å². The van der Waals surface area contributed by atoms with Gasteiger partial charge in [-0.3, -0.25) is 0 Å². The van der Waals surface area contributed by atoms with Crippen molar-refractivity contribution in [3.8, 4) is 22.9 Å². The van der Waals surface area contributed by atoms with Gasteiger partial charge in [0.05, 0.1) is 11.6 Å². The first kappa shape index (κ1) is 14.7. The van der Waals surface area contributed by atoms with Crippen LogP contribution in [0.4, 0.5) is 0 Å². The molecule has 112 valence electrons. The second-order valence-electron chi connectivity index (χ2n) is 6.25. The summed E-state index contributed by atoms with van der Waals surface area (Å²) in [6.45, 7) is 0. The highest BCUT2D eigenvalue weighted by Crippen LogP contribution is 2.30. The van der Waals surface area contributed by atoms with Crippen LogP contribution in [-0.2, 0) is 6.42 Å². The number of nitrogens with zero attached hydrogens (tertiary/aromatic N) is 1. The van der Waals surface area contributed by atoms with Gasteiger partial charge in [0.15, 0.2) is 0 Å². The van der Waals surface area contributed by atoms with Crippen molar-refractivity contribution in [1.82, 2.24) is 0 Å². The smallest absolute Gasteiger partial charge is 0.115 e. The molecule has 0 aliphatic heterocycles. The lowest BCUT2D eigenvalue weighted by Gasteiger charge is -2.21. The summed E-state index contributed by atoms with van der Waals surface area (Å²) >= 11 is 0. The molecule has 2 nitrogen and oxygen atoms in total. The highest BCUT2D eigenvalue weighted by atomic mass is 16.3. The number of hydrogen-bond acceptors (Lipinski definition) is 2. The van der Waals surface area contributed by atoms with Gasteiger partial charge in [0.25, 0.3) is 0 Å². The fraction of sp³-hybridized carbons (Fsp3) is 0.350. The first-order valence-corrected chi connectivity index (χ1v) is 8.08. The molecule has 3 rings (SSSR count). The summed E-state index contributed by atoms with van der Waals surface area (Å²) in [5.74, 6) is 1.04. The number of aromatic hydroxyl groups is 1. The zero-order chi connectivity index (χ0) is 15.4.